The number of hydrogen-bond donors (Lipinski definition) is 1. The van der Waals surface area contributed by atoms with Crippen LogP contribution in [-0.4, -0.2) is 44.9 Å². The average molecular weight is 284 g/mol. The summed E-state index contributed by atoms with van der Waals surface area (Å²) in [7, 11) is 0. The minimum absolute atomic E-state index is 0.00217. The van der Waals surface area contributed by atoms with E-state index in [1.807, 2.05) is 0 Å². The Morgan fingerprint density at radius 2 is 2.26 bits per heavy atom. The summed E-state index contributed by atoms with van der Waals surface area (Å²) in [5, 5.41) is 8.97. The third kappa shape index (κ3) is 3.64. The standard InChI is InChI=1S/C12H14ClN3O3/c13-10-6-14-5-9(15-10)12(19)16-3-1-2-8(7-16)4-11(17)18/h5-6,8H,1-4,7H2,(H,17,18). The number of aliphatic carboxylic acids is 1. The lowest BCUT2D eigenvalue weighted by Gasteiger charge is -2.31. The van der Waals surface area contributed by atoms with Crippen LogP contribution in [0, 0.1) is 5.92 Å². The summed E-state index contributed by atoms with van der Waals surface area (Å²) in [6.45, 7) is 1.06. The molecule has 19 heavy (non-hydrogen) atoms. The molecule has 6 nitrogen and oxygen atoms in total. The van der Waals surface area contributed by atoms with E-state index in [0.717, 1.165) is 12.8 Å². The molecule has 1 aliphatic heterocycles. The highest BCUT2D eigenvalue weighted by Crippen LogP contribution is 2.21. The van der Waals surface area contributed by atoms with Gasteiger partial charge in [-0.3, -0.25) is 14.6 Å². The Morgan fingerprint density at radius 3 is 2.95 bits per heavy atom. The van der Waals surface area contributed by atoms with Gasteiger partial charge in [-0.25, -0.2) is 4.98 Å². The molecule has 0 aliphatic carbocycles. The first-order valence-electron chi connectivity index (χ1n) is 6.05. The molecule has 102 valence electrons. The number of amides is 1. The summed E-state index contributed by atoms with van der Waals surface area (Å²) >= 11 is 5.70. The van der Waals surface area contributed by atoms with Crippen LogP contribution in [0.4, 0.5) is 0 Å². The Hall–Kier alpha value is -1.69. The summed E-state index contributed by atoms with van der Waals surface area (Å²) in [5.74, 6) is -1.07. The molecule has 1 saturated heterocycles. The largest absolute Gasteiger partial charge is 0.481 e. The number of carboxylic acid groups (broad SMARTS) is 1. The molecule has 1 atom stereocenters. The van der Waals surface area contributed by atoms with Gasteiger partial charge in [0, 0.05) is 19.5 Å². The molecule has 0 saturated carbocycles. The molecule has 1 N–H and O–H groups in total. The van der Waals surface area contributed by atoms with E-state index in [0.29, 0.717) is 13.1 Å². The molecule has 1 aromatic heterocycles. The van der Waals surface area contributed by atoms with Crippen molar-refractivity contribution in [3.05, 3.63) is 23.2 Å². The number of carbonyl (C=O) groups excluding carboxylic acids is 1. The van der Waals surface area contributed by atoms with Crippen LogP contribution >= 0.6 is 11.6 Å². The van der Waals surface area contributed by atoms with Crippen molar-refractivity contribution in [1.82, 2.24) is 14.9 Å². The van der Waals surface area contributed by atoms with E-state index in [1.165, 1.54) is 12.4 Å². The molecule has 7 heteroatoms. The topological polar surface area (TPSA) is 83.4 Å². The zero-order valence-electron chi connectivity index (χ0n) is 10.3. The number of hydrogen-bond acceptors (Lipinski definition) is 4. The van der Waals surface area contributed by atoms with Crippen molar-refractivity contribution in [3.8, 4) is 0 Å². The van der Waals surface area contributed by atoms with Gasteiger partial charge in [-0.05, 0) is 18.8 Å². The van der Waals surface area contributed by atoms with E-state index in [2.05, 4.69) is 9.97 Å². The molecule has 1 aromatic rings. The zero-order chi connectivity index (χ0) is 13.8. The van der Waals surface area contributed by atoms with Gasteiger partial charge in [-0.15, -0.1) is 0 Å². The minimum atomic E-state index is -0.832. The second-order valence-electron chi connectivity index (χ2n) is 4.58. The molecule has 2 heterocycles. The monoisotopic (exact) mass is 283 g/mol. The zero-order valence-corrected chi connectivity index (χ0v) is 11.0. The molecule has 1 amide bonds. The first-order valence-corrected chi connectivity index (χ1v) is 6.42. The fraction of sp³-hybridized carbons (Fsp3) is 0.500. The van der Waals surface area contributed by atoms with Crippen LogP contribution in [0.2, 0.25) is 5.15 Å². The SMILES string of the molecule is O=C(O)CC1CCCN(C(=O)c2cncc(Cl)n2)C1. The van der Waals surface area contributed by atoms with Crippen molar-refractivity contribution >= 4 is 23.5 Å². The van der Waals surface area contributed by atoms with Crippen molar-refractivity contribution in [2.45, 2.75) is 19.3 Å². The fourth-order valence-electron chi connectivity index (χ4n) is 2.27. The highest BCUT2D eigenvalue weighted by molar-refractivity contribution is 6.29. The van der Waals surface area contributed by atoms with Crippen molar-refractivity contribution in [1.29, 1.82) is 0 Å². The van der Waals surface area contributed by atoms with Crippen LogP contribution in [-0.2, 0) is 4.79 Å². The predicted octanol–water partition coefficient (Wildman–Crippen LogP) is 1.46. The second-order valence-corrected chi connectivity index (χ2v) is 4.97. The molecule has 1 fully saturated rings. The van der Waals surface area contributed by atoms with E-state index in [1.54, 1.807) is 4.90 Å². The Bertz CT molecular complexity index is 495. The highest BCUT2D eigenvalue weighted by atomic mass is 35.5. The maximum atomic E-state index is 12.2. The molecule has 0 bridgehead atoms. The van der Waals surface area contributed by atoms with Crippen molar-refractivity contribution in [2.75, 3.05) is 13.1 Å². The van der Waals surface area contributed by atoms with Crippen molar-refractivity contribution in [2.24, 2.45) is 5.92 Å². The smallest absolute Gasteiger partial charge is 0.303 e. The molecule has 1 aliphatic rings. The van der Waals surface area contributed by atoms with Gasteiger partial charge in [0.25, 0.3) is 5.91 Å². The maximum absolute atomic E-state index is 12.2. The van der Waals surface area contributed by atoms with Gasteiger partial charge in [0.15, 0.2) is 0 Å². The summed E-state index contributed by atoms with van der Waals surface area (Å²) in [5.41, 5.74) is 0.198. The first-order chi connectivity index (χ1) is 9.06. The summed E-state index contributed by atoms with van der Waals surface area (Å²) in [6.07, 6.45) is 4.46. The lowest BCUT2D eigenvalue weighted by Crippen LogP contribution is -2.40. The van der Waals surface area contributed by atoms with Crippen LogP contribution in [0.3, 0.4) is 0 Å². The number of nitrogens with zero attached hydrogens (tertiary/aromatic N) is 3. The minimum Gasteiger partial charge on any atom is -0.481 e. The molecule has 0 aromatic carbocycles. The van der Waals surface area contributed by atoms with E-state index in [4.69, 9.17) is 16.7 Å². The second kappa shape index (κ2) is 5.97. The van der Waals surface area contributed by atoms with Crippen LogP contribution < -0.4 is 0 Å². The van der Waals surface area contributed by atoms with Gasteiger partial charge in [0.05, 0.1) is 12.4 Å². The molecular weight excluding hydrogens is 270 g/mol. The number of carbonyl (C=O) groups is 2. The quantitative estimate of drug-likeness (QED) is 0.908. The van der Waals surface area contributed by atoms with Gasteiger partial charge < -0.3 is 10.0 Å². The first kappa shape index (κ1) is 13.7. The third-order valence-electron chi connectivity index (χ3n) is 3.09. The number of likely N-dealkylation sites (tertiary alicyclic amines) is 1. The number of piperidine rings is 1. The third-order valence-corrected chi connectivity index (χ3v) is 3.28. The molecule has 0 radical (unpaired) electrons. The molecule has 2 rings (SSSR count). The summed E-state index contributed by atoms with van der Waals surface area (Å²) < 4.78 is 0. The van der Waals surface area contributed by atoms with Gasteiger partial charge in [0.2, 0.25) is 0 Å². The molecular formula is C12H14ClN3O3. The number of halogens is 1. The highest BCUT2D eigenvalue weighted by Gasteiger charge is 2.26. The summed E-state index contributed by atoms with van der Waals surface area (Å²) in [6, 6.07) is 0. The normalized spacial score (nSPS) is 19.2. The van der Waals surface area contributed by atoms with Gasteiger partial charge in [-0.2, -0.15) is 0 Å². The van der Waals surface area contributed by atoms with Crippen LogP contribution in [0.5, 0.6) is 0 Å². The number of rotatable bonds is 3. The molecule has 0 spiro atoms. The Balaban J connectivity index is 2.04. The summed E-state index contributed by atoms with van der Waals surface area (Å²) in [4.78, 5) is 32.3. The fourth-order valence-corrected chi connectivity index (χ4v) is 2.42. The Labute approximate surface area is 115 Å². The van der Waals surface area contributed by atoms with E-state index >= 15 is 0 Å². The van der Waals surface area contributed by atoms with E-state index < -0.39 is 5.97 Å². The number of carboxylic acids is 1. The molecule has 1 unspecified atom stereocenters. The van der Waals surface area contributed by atoms with Crippen molar-refractivity contribution < 1.29 is 14.7 Å². The van der Waals surface area contributed by atoms with Gasteiger partial charge in [0.1, 0.15) is 10.8 Å². The lowest BCUT2D eigenvalue weighted by molar-refractivity contribution is -0.138. The number of aromatic nitrogens is 2. The van der Waals surface area contributed by atoms with Crippen molar-refractivity contribution in [3.63, 3.8) is 0 Å². The van der Waals surface area contributed by atoms with E-state index in [-0.39, 0.29) is 29.1 Å². The lowest BCUT2D eigenvalue weighted by atomic mass is 9.95. The Kier molecular flexibility index (Phi) is 4.31. The van der Waals surface area contributed by atoms with Crippen LogP contribution in [0.25, 0.3) is 0 Å². The predicted molar refractivity (Wildman–Crippen MR) is 67.9 cm³/mol. The van der Waals surface area contributed by atoms with Gasteiger partial charge >= 0.3 is 5.97 Å². The van der Waals surface area contributed by atoms with Crippen LogP contribution in [0.15, 0.2) is 12.4 Å². The van der Waals surface area contributed by atoms with Crippen LogP contribution in [0.1, 0.15) is 29.8 Å². The Morgan fingerprint density at radius 1 is 1.47 bits per heavy atom. The average Bonchev–Trinajstić information content (AvgIpc) is 2.37. The van der Waals surface area contributed by atoms with Gasteiger partial charge in [-0.1, -0.05) is 11.6 Å². The van der Waals surface area contributed by atoms with E-state index in [9.17, 15) is 9.59 Å². The maximum Gasteiger partial charge on any atom is 0.303 e.